The Labute approximate surface area is 357 Å². The number of hydrogen-bond donors (Lipinski definition) is 3. The molecule has 1 saturated carbocycles. The summed E-state index contributed by atoms with van der Waals surface area (Å²) in [6, 6.07) is 7.97. The lowest BCUT2D eigenvalue weighted by Gasteiger charge is -2.36. The van der Waals surface area contributed by atoms with E-state index in [2.05, 4.69) is 20.2 Å². The van der Waals surface area contributed by atoms with E-state index in [-0.39, 0.29) is 35.6 Å². The second-order valence-corrected chi connectivity index (χ2v) is 19.4. The number of nitrogens with one attached hydrogen (secondary N) is 2. The van der Waals surface area contributed by atoms with Crippen molar-refractivity contribution in [1.29, 1.82) is 0 Å². The van der Waals surface area contributed by atoms with Crippen LogP contribution in [0.25, 0.3) is 32.4 Å². The fourth-order valence-electron chi connectivity index (χ4n) is 8.88. The minimum Gasteiger partial charge on any atom is -0.369 e. The molecule has 4 N–H and O–H groups in total. The summed E-state index contributed by atoms with van der Waals surface area (Å²) in [5, 5.41) is 11.5. The lowest BCUT2D eigenvalue weighted by molar-refractivity contribution is -0.142. The van der Waals surface area contributed by atoms with Crippen molar-refractivity contribution in [2.24, 2.45) is 24.1 Å². The van der Waals surface area contributed by atoms with Gasteiger partial charge in [-0.25, -0.2) is 22.2 Å². The summed E-state index contributed by atoms with van der Waals surface area (Å²) >= 11 is 1.27. The number of aromatic nitrogens is 6. The Kier molecular flexibility index (Phi) is 9.84. The molecule has 63 heavy (non-hydrogen) atoms. The van der Waals surface area contributed by atoms with Crippen LogP contribution in [-0.4, -0.2) is 69.1 Å². The van der Waals surface area contributed by atoms with E-state index < -0.39 is 92.4 Å². The molecule has 2 aliphatic carbocycles. The Morgan fingerprint density at radius 2 is 1.73 bits per heavy atom. The smallest absolute Gasteiger partial charge is 0.369 e. The van der Waals surface area contributed by atoms with Gasteiger partial charge in [0.25, 0.3) is 5.92 Å². The number of halogens is 7. The molecule has 1 saturated heterocycles. The normalized spacial score (nSPS) is 19.6. The largest absolute Gasteiger partial charge is 0.435 e. The lowest BCUT2D eigenvalue weighted by atomic mass is 9.80. The van der Waals surface area contributed by atoms with Crippen LogP contribution in [0.3, 0.4) is 0 Å². The zero-order valence-corrected chi connectivity index (χ0v) is 35.2. The summed E-state index contributed by atoms with van der Waals surface area (Å²) in [5.74, 6) is -9.47. The van der Waals surface area contributed by atoms with E-state index in [9.17, 15) is 40.0 Å². The average molecular weight is 919 g/mol. The van der Waals surface area contributed by atoms with Gasteiger partial charge in [-0.2, -0.15) is 37.1 Å². The third-order valence-electron chi connectivity index (χ3n) is 12.1. The van der Waals surface area contributed by atoms with Crippen LogP contribution in [0.1, 0.15) is 66.4 Å². The van der Waals surface area contributed by atoms with E-state index in [4.69, 9.17) is 15.7 Å². The summed E-state index contributed by atoms with van der Waals surface area (Å²) in [5.41, 5.74) is 3.22. The number of alkyl halides is 5. The maximum atomic E-state index is 15.5. The molecule has 0 radical (unpaired) electrons. The highest BCUT2D eigenvalue weighted by molar-refractivity contribution is 7.92. The Bertz CT molecular complexity index is 2970. The number of anilines is 2. The van der Waals surface area contributed by atoms with Crippen molar-refractivity contribution in [3.63, 3.8) is 0 Å². The quantitative estimate of drug-likeness (QED) is 0.122. The number of rotatable bonds is 11. The molecule has 2 aromatic carbocycles. The second-order valence-electron chi connectivity index (χ2n) is 16.6. The number of nitrogens with zero attached hydrogens (tertiary/aromatic N) is 7. The second kappa shape index (κ2) is 14.6. The summed E-state index contributed by atoms with van der Waals surface area (Å²) in [4.78, 5) is 38.0. The Morgan fingerprint density at radius 3 is 2.38 bits per heavy atom. The van der Waals surface area contributed by atoms with Crippen molar-refractivity contribution in [3.8, 4) is 11.1 Å². The maximum absolute atomic E-state index is 15.5. The number of thiazole rings is 1. The van der Waals surface area contributed by atoms with Gasteiger partial charge in [0.15, 0.2) is 22.3 Å². The number of carbonyl (C=O) groups is 2. The van der Waals surface area contributed by atoms with Crippen LogP contribution in [0.2, 0.25) is 0 Å². The van der Waals surface area contributed by atoms with Gasteiger partial charge in [-0.3, -0.25) is 23.7 Å². The van der Waals surface area contributed by atoms with Gasteiger partial charge in [0.1, 0.15) is 23.9 Å². The first-order valence-electron chi connectivity index (χ1n) is 19.6. The molecule has 9 rings (SSSR count). The molecule has 1 unspecified atom stereocenters. The minimum absolute atomic E-state index is 0.0000751. The van der Waals surface area contributed by atoms with Gasteiger partial charge in [0.2, 0.25) is 21.8 Å². The molecule has 2 fully saturated rings. The SMILES string of the molecule is Cn1nc(NS(C)(=O)=O)c2cccc(-c3cc4sc(N5CCC(C)(C(N)=O)CC5)nc4nc3C(Cc3cc(F)cc(F)c3)NC(=O)Cn3nc(C(F)(F)F)c4c3C(F)(F)[C@@H]3C[C@H]43)c21. The first-order valence-corrected chi connectivity index (χ1v) is 22.3. The molecule has 3 atom stereocenters. The van der Waals surface area contributed by atoms with E-state index in [1.165, 1.54) is 16.0 Å². The van der Waals surface area contributed by atoms with E-state index in [1.54, 1.807) is 38.2 Å². The van der Waals surface area contributed by atoms with Crippen molar-refractivity contribution >= 4 is 65.4 Å². The average Bonchev–Trinajstić information content (AvgIpc) is 3.45. The number of fused-ring (bicyclic) bond motifs is 5. The number of amides is 2. The van der Waals surface area contributed by atoms with Crippen LogP contribution in [0.15, 0.2) is 42.5 Å². The Balaban J connectivity index is 1.19. The fourth-order valence-corrected chi connectivity index (χ4v) is 10.4. The monoisotopic (exact) mass is 918 g/mol. The van der Waals surface area contributed by atoms with Crippen LogP contribution >= 0.6 is 11.3 Å². The van der Waals surface area contributed by atoms with Gasteiger partial charge in [-0.05, 0) is 61.4 Å². The molecular weight excluding hydrogens is 882 g/mol. The van der Waals surface area contributed by atoms with Gasteiger partial charge in [0.05, 0.1) is 28.2 Å². The number of benzene rings is 2. The first-order chi connectivity index (χ1) is 29.5. The lowest BCUT2D eigenvalue weighted by Crippen LogP contribution is -2.45. The summed E-state index contributed by atoms with van der Waals surface area (Å²) in [6.07, 6.45) is -3.74. The summed E-state index contributed by atoms with van der Waals surface area (Å²) in [6.45, 7) is 1.58. The third-order valence-corrected chi connectivity index (χ3v) is 13.7. The zero-order valence-electron chi connectivity index (χ0n) is 33.5. The van der Waals surface area contributed by atoms with E-state index >= 15 is 8.78 Å². The van der Waals surface area contributed by atoms with E-state index in [0.29, 0.717) is 68.5 Å². The number of pyridine rings is 1. The predicted molar refractivity (Wildman–Crippen MR) is 217 cm³/mol. The number of nitrogens with two attached hydrogens (primary N) is 1. The topological polar surface area (TPSA) is 183 Å². The Hall–Kier alpha value is -5.84. The molecule has 332 valence electrons. The highest BCUT2D eigenvalue weighted by atomic mass is 32.2. The molecule has 3 aliphatic rings. The van der Waals surface area contributed by atoms with Crippen molar-refractivity contribution < 1.29 is 48.7 Å². The highest BCUT2D eigenvalue weighted by Gasteiger charge is 2.68. The summed E-state index contributed by atoms with van der Waals surface area (Å²) < 4.78 is 132. The minimum atomic E-state index is -5.08. The zero-order chi connectivity index (χ0) is 45.1. The fraction of sp³-hybridized carbons (Fsp3) is 0.400. The number of piperidine rings is 1. The van der Waals surface area contributed by atoms with Gasteiger partial charge < -0.3 is 16.0 Å². The number of hydrogen-bond acceptors (Lipinski definition) is 10. The molecule has 0 bridgehead atoms. The van der Waals surface area contributed by atoms with Gasteiger partial charge >= 0.3 is 6.18 Å². The van der Waals surface area contributed by atoms with Gasteiger partial charge in [-0.15, -0.1) is 0 Å². The highest BCUT2D eigenvalue weighted by Crippen LogP contribution is 2.68. The van der Waals surface area contributed by atoms with Gasteiger partial charge in [0, 0.05) is 59.6 Å². The van der Waals surface area contributed by atoms with Crippen molar-refractivity contribution in [2.75, 3.05) is 29.0 Å². The standard InChI is InChI=1S/C40H37F7N10O4S2/c1-38(36(48)59)7-9-56(10-8-38)37-51-35-27(62-37)16-23(21-5-4-6-22-31(21)55(2)53-34(22)54-63(3,60)61)30(50-35)26(13-18-11-19(41)14-20(42)12-18)49-28(58)17-57-33-29(32(52-57)40(45,46)47)24-15-25(24)39(33,43)44/h4-6,11-12,14,16,24-26H,7-10,13,15,17H2,1-3H3,(H2,48,59)(H,49,58)(H,53,54)/t24-,25+,26?/m0/s1. The molecule has 1 aliphatic heterocycles. The molecule has 5 heterocycles. The predicted octanol–water partition coefficient (Wildman–Crippen LogP) is 6.51. The number of primary amides is 1. The summed E-state index contributed by atoms with van der Waals surface area (Å²) in [7, 11) is -2.24. The van der Waals surface area contributed by atoms with Crippen LogP contribution in [-0.2, 0) is 51.7 Å². The number of aryl methyl sites for hydroxylation is 1. The molecule has 4 aromatic heterocycles. The van der Waals surface area contributed by atoms with Crippen molar-refractivity contribution in [2.45, 2.75) is 63.2 Å². The van der Waals surface area contributed by atoms with Crippen LogP contribution < -0.4 is 20.7 Å². The van der Waals surface area contributed by atoms with Crippen LogP contribution in [0.5, 0.6) is 0 Å². The van der Waals surface area contributed by atoms with E-state index in [0.717, 1.165) is 18.4 Å². The molecule has 23 heteroatoms. The third kappa shape index (κ3) is 7.61. The number of carbonyl (C=O) groups excluding carboxylic acids is 2. The van der Waals surface area contributed by atoms with Crippen molar-refractivity contribution in [3.05, 3.63) is 82.3 Å². The number of para-hydroxylation sites is 1. The Morgan fingerprint density at radius 1 is 1.03 bits per heavy atom. The molecule has 14 nitrogen and oxygen atoms in total. The number of sulfonamides is 1. The molecule has 2 amide bonds. The molecule has 0 spiro atoms. The maximum Gasteiger partial charge on any atom is 0.435 e. The van der Waals surface area contributed by atoms with Crippen LogP contribution in [0.4, 0.5) is 41.7 Å². The van der Waals surface area contributed by atoms with E-state index in [1.807, 2.05) is 4.90 Å². The van der Waals surface area contributed by atoms with Gasteiger partial charge in [-0.1, -0.05) is 30.4 Å². The molecule has 6 aromatic rings. The van der Waals surface area contributed by atoms with Crippen LogP contribution in [0, 0.1) is 23.0 Å². The first kappa shape index (κ1) is 42.5. The van der Waals surface area contributed by atoms with Crippen molar-refractivity contribution in [1.82, 2.24) is 34.8 Å². The molecular formula is C40H37F7N10O4S2.